The van der Waals surface area contributed by atoms with Crippen LogP contribution in [0.4, 0.5) is 0 Å². The summed E-state index contributed by atoms with van der Waals surface area (Å²) in [6, 6.07) is 14.0. The van der Waals surface area contributed by atoms with Gasteiger partial charge < -0.3 is 4.74 Å². The number of benzene rings is 1. The van der Waals surface area contributed by atoms with Crippen molar-refractivity contribution >= 4 is 0 Å². The van der Waals surface area contributed by atoms with E-state index in [1.165, 1.54) is 5.56 Å². The van der Waals surface area contributed by atoms with Crippen LogP contribution in [0.3, 0.4) is 0 Å². The number of aromatic nitrogens is 3. The monoisotopic (exact) mass is 265 g/mol. The van der Waals surface area contributed by atoms with E-state index < -0.39 is 0 Å². The summed E-state index contributed by atoms with van der Waals surface area (Å²) in [6.45, 7) is 2.62. The van der Waals surface area contributed by atoms with Crippen LogP contribution in [0.1, 0.15) is 11.1 Å². The number of nitrogens with zero attached hydrogens (tertiary/aromatic N) is 2. The average molecular weight is 265 g/mol. The highest BCUT2D eigenvalue weighted by atomic mass is 16.5. The number of rotatable bonds is 4. The lowest BCUT2D eigenvalue weighted by atomic mass is 10.2. The zero-order chi connectivity index (χ0) is 13.8. The van der Waals surface area contributed by atoms with E-state index in [2.05, 4.69) is 46.4 Å². The number of aromatic amines is 1. The van der Waals surface area contributed by atoms with Crippen molar-refractivity contribution in [3.63, 3.8) is 0 Å². The lowest BCUT2D eigenvalue weighted by molar-refractivity contribution is 0.305. The van der Waals surface area contributed by atoms with E-state index in [1.54, 1.807) is 12.4 Å². The van der Waals surface area contributed by atoms with Crippen molar-refractivity contribution in [2.24, 2.45) is 0 Å². The molecular formula is C16H15N3O. The Morgan fingerprint density at radius 3 is 2.55 bits per heavy atom. The predicted molar refractivity (Wildman–Crippen MR) is 77.3 cm³/mol. The first-order chi connectivity index (χ1) is 9.81. The second kappa shape index (κ2) is 5.57. The second-order valence-electron chi connectivity index (χ2n) is 4.62. The van der Waals surface area contributed by atoms with E-state index in [9.17, 15) is 0 Å². The van der Waals surface area contributed by atoms with Crippen LogP contribution in [-0.2, 0) is 6.61 Å². The number of H-pyrrole nitrogens is 1. The molecule has 0 fully saturated rings. The molecule has 1 aromatic carbocycles. The smallest absolute Gasteiger partial charge is 0.138 e. The number of pyridine rings is 1. The first kappa shape index (κ1) is 12.4. The summed E-state index contributed by atoms with van der Waals surface area (Å²) in [7, 11) is 0. The lowest BCUT2D eigenvalue weighted by Crippen LogP contribution is -1.96. The van der Waals surface area contributed by atoms with Gasteiger partial charge >= 0.3 is 0 Å². The summed E-state index contributed by atoms with van der Waals surface area (Å²) in [6.07, 6.45) is 3.43. The maximum atomic E-state index is 5.72. The van der Waals surface area contributed by atoms with Gasteiger partial charge in [-0.1, -0.05) is 29.8 Å². The zero-order valence-electron chi connectivity index (χ0n) is 11.2. The molecule has 0 radical (unpaired) electrons. The number of hydrogen-bond acceptors (Lipinski definition) is 3. The Bertz CT molecular complexity index is 658. The SMILES string of the molecule is Cc1ccc(COc2ccc(-c3ccn[nH]3)nc2)cc1. The van der Waals surface area contributed by atoms with Crippen molar-refractivity contribution in [3.05, 3.63) is 66.0 Å². The molecule has 3 aromatic rings. The summed E-state index contributed by atoms with van der Waals surface area (Å²) in [5.74, 6) is 0.758. The maximum absolute atomic E-state index is 5.72. The summed E-state index contributed by atoms with van der Waals surface area (Å²) in [4.78, 5) is 4.35. The molecule has 0 bridgehead atoms. The highest BCUT2D eigenvalue weighted by molar-refractivity contribution is 5.53. The van der Waals surface area contributed by atoms with Gasteiger partial charge in [-0.15, -0.1) is 0 Å². The molecule has 4 nitrogen and oxygen atoms in total. The molecule has 0 amide bonds. The predicted octanol–water partition coefficient (Wildman–Crippen LogP) is 3.36. The lowest BCUT2D eigenvalue weighted by Gasteiger charge is -2.06. The Hall–Kier alpha value is -2.62. The van der Waals surface area contributed by atoms with Gasteiger partial charge in [-0.05, 0) is 30.7 Å². The summed E-state index contributed by atoms with van der Waals surface area (Å²) in [5, 5.41) is 6.79. The molecule has 0 aliphatic rings. The summed E-state index contributed by atoms with van der Waals surface area (Å²) in [5.41, 5.74) is 4.15. The quantitative estimate of drug-likeness (QED) is 0.787. The third kappa shape index (κ3) is 2.85. The second-order valence-corrected chi connectivity index (χ2v) is 4.62. The van der Waals surface area contributed by atoms with E-state index in [0.29, 0.717) is 6.61 Å². The van der Waals surface area contributed by atoms with E-state index in [1.807, 2.05) is 18.2 Å². The third-order valence-electron chi connectivity index (χ3n) is 3.04. The van der Waals surface area contributed by atoms with Gasteiger partial charge in [-0.3, -0.25) is 10.1 Å². The Morgan fingerprint density at radius 2 is 1.90 bits per heavy atom. The van der Waals surface area contributed by atoms with E-state index in [4.69, 9.17) is 4.74 Å². The molecule has 0 atom stereocenters. The normalized spacial score (nSPS) is 10.4. The van der Waals surface area contributed by atoms with Crippen LogP contribution in [0, 0.1) is 6.92 Å². The van der Waals surface area contributed by atoms with Crippen molar-refractivity contribution in [3.8, 4) is 17.1 Å². The fourth-order valence-corrected chi connectivity index (χ4v) is 1.87. The van der Waals surface area contributed by atoms with E-state index in [0.717, 1.165) is 22.7 Å². The number of nitrogens with one attached hydrogen (secondary N) is 1. The van der Waals surface area contributed by atoms with Crippen LogP contribution >= 0.6 is 0 Å². The number of ether oxygens (including phenoxy) is 1. The molecule has 100 valence electrons. The van der Waals surface area contributed by atoms with Gasteiger partial charge in [-0.2, -0.15) is 5.10 Å². The molecule has 1 N–H and O–H groups in total. The third-order valence-corrected chi connectivity index (χ3v) is 3.04. The minimum absolute atomic E-state index is 0.547. The molecule has 2 heterocycles. The van der Waals surface area contributed by atoms with Gasteiger partial charge in [0.15, 0.2) is 0 Å². The van der Waals surface area contributed by atoms with Gasteiger partial charge in [0.25, 0.3) is 0 Å². The zero-order valence-corrected chi connectivity index (χ0v) is 11.2. The molecule has 0 aliphatic heterocycles. The van der Waals surface area contributed by atoms with Crippen molar-refractivity contribution in [2.75, 3.05) is 0 Å². The van der Waals surface area contributed by atoms with Crippen LogP contribution in [0.15, 0.2) is 54.9 Å². The van der Waals surface area contributed by atoms with Crippen LogP contribution in [0.25, 0.3) is 11.4 Å². The Kier molecular flexibility index (Phi) is 3.46. The Balaban J connectivity index is 1.65. The van der Waals surface area contributed by atoms with Crippen LogP contribution in [0.2, 0.25) is 0 Å². The van der Waals surface area contributed by atoms with Crippen molar-refractivity contribution in [2.45, 2.75) is 13.5 Å². The van der Waals surface area contributed by atoms with Gasteiger partial charge in [0.05, 0.1) is 17.6 Å². The van der Waals surface area contributed by atoms with Gasteiger partial charge in [0.2, 0.25) is 0 Å². The van der Waals surface area contributed by atoms with Crippen molar-refractivity contribution in [1.82, 2.24) is 15.2 Å². The van der Waals surface area contributed by atoms with E-state index >= 15 is 0 Å². The fourth-order valence-electron chi connectivity index (χ4n) is 1.87. The summed E-state index contributed by atoms with van der Waals surface area (Å²) < 4.78 is 5.72. The molecule has 0 aliphatic carbocycles. The molecular weight excluding hydrogens is 250 g/mol. The molecule has 3 rings (SSSR count). The molecule has 2 aromatic heterocycles. The molecule has 4 heteroatoms. The highest BCUT2D eigenvalue weighted by Crippen LogP contribution is 2.17. The Morgan fingerprint density at radius 1 is 1.05 bits per heavy atom. The first-order valence-corrected chi connectivity index (χ1v) is 6.45. The van der Waals surface area contributed by atoms with Gasteiger partial charge in [0.1, 0.15) is 12.4 Å². The van der Waals surface area contributed by atoms with Crippen LogP contribution in [0.5, 0.6) is 5.75 Å². The molecule has 0 saturated carbocycles. The van der Waals surface area contributed by atoms with Gasteiger partial charge in [-0.25, -0.2) is 0 Å². The van der Waals surface area contributed by atoms with Crippen molar-refractivity contribution in [1.29, 1.82) is 0 Å². The highest BCUT2D eigenvalue weighted by Gasteiger charge is 2.01. The van der Waals surface area contributed by atoms with Crippen LogP contribution in [-0.4, -0.2) is 15.2 Å². The molecule has 0 saturated heterocycles. The number of aryl methyl sites for hydroxylation is 1. The maximum Gasteiger partial charge on any atom is 0.138 e. The Labute approximate surface area is 117 Å². The topological polar surface area (TPSA) is 50.8 Å². The first-order valence-electron chi connectivity index (χ1n) is 6.45. The molecule has 20 heavy (non-hydrogen) atoms. The number of hydrogen-bond donors (Lipinski definition) is 1. The fraction of sp³-hybridized carbons (Fsp3) is 0.125. The summed E-state index contributed by atoms with van der Waals surface area (Å²) >= 11 is 0. The minimum Gasteiger partial charge on any atom is -0.487 e. The standard InChI is InChI=1S/C16H15N3O/c1-12-2-4-13(5-3-12)11-20-14-6-7-15(17-10-14)16-8-9-18-19-16/h2-10H,11H2,1H3,(H,18,19). The van der Waals surface area contributed by atoms with E-state index in [-0.39, 0.29) is 0 Å². The molecule has 0 spiro atoms. The minimum atomic E-state index is 0.547. The molecule has 0 unspecified atom stereocenters. The van der Waals surface area contributed by atoms with Crippen molar-refractivity contribution < 1.29 is 4.74 Å². The largest absolute Gasteiger partial charge is 0.487 e. The van der Waals surface area contributed by atoms with Crippen LogP contribution < -0.4 is 4.74 Å². The average Bonchev–Trinajstić information content (AvgIpc) is 3.01. The van der Waals surface area contributed by atoms with Gasteiger partial charge in [0, 0.05) is 6.20 Å².